The Morgan fingerprint density at radius 3 is 3.36 bits per heavy atom. The first-order valence-electron chi connectivity index (χ1n) is 3.07. The minimum Gasteiger partial charge on any atom is -0.357 e. The van der Waals surface area contributed by atoms with Gasteiger partial charge >= 0.3 is 0 Å². The van der Waals surface area contributed by atoms with Crippen molar-refractivity contribution >= 4 is 27.6 Å². The van der Waals surface area contributed by atoms with E-state index < -0.39 is 0 Å². The minimum atomic E-state index is 0.594. The van der Waals surface area contributed by atoms with E-state index in [9.17, 15) is 0 Å². The maximum absolute atomic E-state index is 4.10. The number of nitrogens with one attached hydrogen (secondary N) is 1. The Kier molecular flexibility index (Phi) is 1.43. The van der Waals surface area contributed by atoms with E-state index in [1.807, 2.05) is 0 Å². The van der Waals surface area contributed by atoms with Gasteiger partial charge in [0.05, 0.1) is 10.9 Å². The summed E-state index contributed by atoms with van der Waals surface area (Å²) >= 11 is 1.42. The van der Waals surface area contributed by atoms with Crippen LogP contribution in [0.3, 0.4) is 0 Å². The molecular formula is C6H5N4S. The van der Waals surface area contributed by atoms with Gasteiger partial charge in [-0.15, -0.1) is 11.3 Å². The Morgan fingerprint density at radius 1 is 1.64 bits per heavy atom. The number of fused-ring (bicyclic) bond motifs is 1. The molecule has 2 rings (SSSR count). The Labute approximate surface area is 67.3 Å². The molecule has 4 nitrogen and oxygen atoms in total. The molecule has 0 unspecified atom stereocenters. The summed E-state index contributed by atoms with van der Waals surface area (Å²) in [4.78, 5) is 12.1. The first-order valence-corrected chi connectivity index (χ1v) is 3.89. The average Bonchev–Trinajstić information content (AvgIpc) is 2.50. The SMILES string of the molecule is CNc1ncc2s[c]nc2n1. The van der Waals surface area contributed by atoms with Gasteiger partial charge in [-0.3, -0.25) is 0 Å². The minimum absolute atomic E-state index is 0.594. The fourth-order valence-corrected chi connectivity index (χ4v) is 1.27. The molecule has 0 fully saturated rings. The molecule has 0 atom stereocenters. The zero-order chi connectivity index (χ0) is 7.68. The maximum atomic E-state index is 4.10. The van der Waals surface area contributed by atoms with Crippen LogP contribution >= 0.6 is 11.3 Å². The molecule has 5 heteroatoms. The Balaban J connectivity index is 2.67. The second-order valence-corrected chi connectivity index (χ2v) is 2.76. The van der Waals surface area contributed by atoms with Crippen molar-refractivity contribution in [1.29, 1.82) is 0 Å². The summed E-state index contributed by atoms with van der Waals surface area (Å²) in [7, 11) is 1.78. The van der Waals surface area contributed by atoms with Crippen molar-refractivity contribution in [3.63, 3.8) is 0 Å². The molecule has 2 aromatic heterocycles. The number of thiazole rings is 1. The van der Waals surface area contributed by atoms with Crippen molar-refractivity contribution in [2.75, 3.05) is 12.4 Å². The average molecular weight is 165 g/mol. The topological polar surface area (TPSA) is 50.7 Å². The quantitative estimate of drug-likeness (QED) is 0.683. The lowest BCUT2D eigenvalue weighted by atomic mass is 10.6. The lowest BCUT2D eigenvalue weighted by Gasteiger charge is -1.94. The normalized spacial score (nSPS) is 10.3. The fourth-order valence-electron chi connectivity index (χ4n) is 0.750. The third kappa shape index (κ3) is 1.03. The summed E-state index contributed by atoms with van der Waals surface area (Å²) in [6.45, 7) is 0. The Bertz CT molecular complexity index is 369. The standard InChI is InChI=1S/C6H5N4S/c1-7-6-8-2-4-5(10-6)9-3-11-4/h2H,1H3,(H,7,8,10). The highest BCUT2D eigenvalue weighted by atomic mass is 32.1. The molecule has 2 aromatic rings. The lowest BCUT2D eigenvalue weighted by molar-refractivity contribution is 1.18. The van der Waals surface area contributed by atoms with Gasteiger partial charge in [-0.1, -0.05) is 0 Å². The molecule has 0 aliphatic rings. The molecule has 0 aliphatic heterocycles. The van der Waals surface area contributed by atoms with Gasteiger partial charge in [-0.05, 0) is 0 Å². The summed E-state index contributed by atoms with van der Waals surface area (Å²) in [5.41, 5.74) is 3.45. The van der Waals surface area contributed by atoms with Gasteiger partial charge in [-0.2, -0.15) is 4.98 Å². The summed E-state index contributed by atoms with van der Waals surface area (Å²) < 4.78 is 0.962. The van der Waals surface area contributed by atoms with Crippen LogP contribution in [0.15, 0.2) is 6.20 Å². The van der Waals surface area contributed by atoms with Crippen molar-refractivity contribution in [1.82, 2.24) is 15.0 Å². The van der Waals surface area contributed by atoms with Crippen molar-refractivity contribution in [3.8, 4) is 0 Å². The van der Waals surface area contributed by atoms with Gasteiger partial charge in [0.1, 0.15) is 0 Å². The number of nitrogens with zero attached hydrogens (tertiary/aromatic N) is 3. The highest BCUT2D eigenvalue weighted by molar-refractivity contribution is 7.16. The highest BCUT2D eigenvalue weighted by Gasteiger charge is 1.99. The second-order valence-electron chi connectivity index (χ2n) is 1.94. The molecule has 0 saturated heterocycles. The number of hydrogen-bond donors (Lipinski definition) is 1. The number of rotatable bonds is 1. The molecule has 2 heterocycles. The molecular weight excluding hydrogens is 160 g/mol. The zero-order valence-electron chi connectivity index (χ0n) is 5.83. The third-order valence-corrected chi connectivity index (χ3v) is 1.96. The van der Waals surface area contributed by atoms with E-state index in [-0.39, 0.29) is 0 Å². The van der Waals surface area contributed by atoms with Crippen LogP contribution in [0.25, 0.3) is 10.3 Å². The van der Waals surface area contributed by atoms with E-state index in [1.165, 1.54) is 11.3 Å². The predicted molar refractivity (Wildman–Crippen MR) is 43.6 cm³/mol. The summed E-state index contributed by atoms with van der Waals surface area (Å²) in [5, 5.41) is 2.84. The van der Waals surface area contributed by atoms with Gasteiger partial charge in [-0.25, -0.2) is 9.97 Å². The van der Waals surface area contributed by atoms with Crippen LogP contribution in [0.1, 0.15) is 0 Å². The van der Waals surface area contributed by atoms with Gasteiger partial charge in [0.2, 0.25) is 5.95 Å². The van der Waals surface area contributed by atoms with Crippen molar-refractivity contribution in [2.45, 2.75) is 0 Å². The smallest absolute Gasteiger partial charge is 0.224 e. The molecule has 0 spiro atoms. The van der Waals surface area contributed by atoms with Crippen LogP contribution < -0.4 is 5.32 Å². The van der Waals surface area contributed by atoms with Crippen LogP contribution in [0.2, 0.25) is 0 Å². The van der Waals surface area contributed by atoms with Crippen LogP contribution in [0.4, 0.5) is 5.95 Å². The summed E-state index contributed by atoms with van der Waals surface area (Å²) in [6, 6.07) is 0. The lowest BCUT2D eigenvalue weighted by Crippen LogP contribution is -1.94. The molecule has 55 valence electrons. The Hall–Kier alpha value is -1.23. The summed E-state index contributed by atoms with van der Waals surface area (Å²) in [6.07, 6.45) is 1.74. The first kappa shape index (κ1) is 6.48. The van der Waals surface area contributed by atoms with E-state index in [1.54, 1.807) is 13.2 Å². The molecule has 0 aromatic carbocycles. The van der Waals surface area contributed by atoms with E-state index in [4.69, 9.17) is 0 Å². The molecule has 0 amide bonds. The van der Waals surface area contributed by atoms with Gasteiger partial charge in [0, 0.05) is 7.05 Å². The van der Waals surface area contributed by atoms with Gasteiger partial charge < -0.3 is 5.32 Å². The molecule has 1 radical (unpaired) electrons. The Morgan fingerprint density at radius 2 is 2.55 bits per heavy atom. The van der Waals surface area contributed by atoms with Crippen LogP contribution in [0, 0.1) is 5.51 Å². The van der Waals surface area contributed by atoms with E-state index in [0.29, 0.717) is 11.6 Å². The second kappa shape index (κ2) is 2.43. The number of aromatic nitrogens is 3. The largest absolute Gasteiger partial charge is 0.357 e. The van der Waals surface area contributed by atoms with E-state index in [2.05, 4.69) is 25.8 Å². The maximum Gasteiger partial charge on any atom is 0.224 e. The van der Waals surface area contributed by atoms with Crippen molar-refractivity contribution < 1.29 is 0 Å². The fraction of sp³-hybridized carbons (Fsp3) is 0.167. The third-order valence-electron chi connectivity index (χ3n) is 1.27. The van der Waals surface area contributed by atoms with E-state index in [0.717, 1.165) is 4.70 Å². The molecule has 11 heavy (non-hydrogen) atoms. The van der Waals surface area contributed by atoms with Crippen molar-refractivity contribution in [3.05, 3.63) is 11.7 Å². The van der Waals surface area contributed by atoms with Gasteiger partial charge in [0.15, 0.2) is 11.2 Å². The van der Waals surface area contributed by atoms with Crippen LogP contribution in [-0.4, -0.2) is 22.0 Å². The van der Waals surface area contributed by atoms with Crippen LogP contribution in [-0.2, 0) is 0 Å². The van der Waals surface area contributed by atoms with Crippen molar-refractivity contribution in [2.24, 2.45) is 0 Å². The highest BCUT2D eigenvalue weighted by Crippen LogP contribution is 2.14. The molecule has 0 bridgehead atoms. The van der Waals surface area contributed by atoms with Gasteiger partial charge in [0.25, 0.3) is 0 Å². The summed E-state index contributed by atoms with van der Waals surface area (Å²) in [5.74, 6) is 0.594. The predicted octanol–water partition coefficient (Wildman–Crippen LogP) is 0.928. The molecule has 0 saturated carbocycles. The number of hydrogen-bond acceptors (Lipinski definition) is 5. The molecule has 0 aliphatic carbocycles. The molecule has 1 N–H and O–H groups in total. The van der Waals surface area contributed by atoms with E-state index >= 15 is 0 Å². The van der Waals surface area contributed by atoms with Crippen LogP contribution in [0.5, 0.6) is 0 Å². The number of anilines is 1. The first-order chi connectivity index (χ1) is 5.40. The zero-order valence-corrected chi connectivity index (χ0v) is 6.64. The monoisotopic (exact) mass is 165 g/mol.